The summed E-state index contributed by atoms with van der Waals surface area (Å²) in [7, 11) is 1.61. The van der Waals surface area contributed by atoms with Crippen LogP contribution < -0.4 is 9.47 Å². The SMILES string of the molecule is COc1ccc([C@@H]2c3nc[nH]c3CCN2C(=O)[C@@H](C)Oc2ccccc2F)cc1. The molecular formula is C22H22FN3O3. The molecule has 1 aliphatic rings. The van der Waals surface area contributed by atoms with Gasteiger partial charge in [0.25, 0.3) is 5.91 Å². The third-order valence-electron chi connectivity index (χ3n) is 5.13. The van der Waals surface area contributed by atoms with Gasteiger partial charge in [0.15, 0.2) is 17.7 Å². The van der Waals surface area contributed by atoms with Crippen molar-refractivity contribution in [3.63, 3.8) is 0 Å². The van der Waals surface area contributed by atoms with Crippen LogP contribution >= 0.6 is 0 Å². The molecule has 7 heteroatoms. The number of aromatic amines is 1. The maximum atomic E-state index is 13.9. The Morgan fingerprint density at radius 2 is 2.00 bits per heavy atom. The van der Waals surface area contributed by atoms with Crippen LogP contribution in [0.5, 0.6) is 11.5 Å². The van der Waals surface area contributed by atoms with Gasteiger partial charge in [-0.15, -0.1) is 0 Å². The molecule has 0 aliphatic carbocycles. The fourth-order valence-corrected chi connectivity index (χ4v) is 3.65. The predicted octanol–water partition coefficient (Wildman–Crippen LogP) is 3.50. The summed E-state index contributed by atoms with van der Waals surface area (Å²) in [5, 5.41) is 0. The number of fused-ring (bicyclic) bond motifs is 1. The maximum Gasteiger partial charge on any atom is 0.264 e. The lowest BCUT2D eigenvalue weighted by Gasteiger charge is -2.36. The second-order valence-electron chi connectivity index (χ2n) is 6.91. The summed E-state index contributed by atoms with van der Waals surface area (Å²) in [6.07, 6.45) is 1.47. The number of carbonyl (C=O) groups is 1. The van der Waals surface area contributed by atoms with Crippen molar-refractivity contribution >= 4 is 5.91 Å². The number of carbonyl (C=O) groups excluding carboxylic acids is 1. The molecule has 0 bridgehead atoms. The minimum Gasteiger partial charge on any atom is -0.497 e. The smallest absolute Gasteiger partial charge is 0.264 e. The fraction of sp³-hybridized carbons (Fsp3) is 0.273. The molecule has 1 aromatic heterocycles. The Labute approximate surface area is 168 Å². The van der Waals surface area contributed by atoms with Crippen molar-refractivity contribution in [2.75, 3.05) is 13.7 Å². The zero-order valence-corrected chi connectivity index (χ0v) is 16.3. The summed E-state index contributed by atoms with van der Waals surface area (Å²) in [6.45, 7) is 2.15. The van der Waals surface area contributed by atoms with Gasteiger partial charge in [-0.05, 0) is 36.8 Å². The number of hydrogen-bond donors (Lipinski definition) is 1. The molecule has 0 saturated heterocycles. The van der Waals surface area contributed by atoms with E-state index in [-0.39, 0.29) is 17.7 Å². The number of nitrogens with one attached hydrogen (secondary N) is 1. The van der Waals surface area contributed by atoms with E-state index in [1.54, 1.807) is 37.4 Å². The minimum absolute atomic E-state index is 0.0619. The van der Waals surface area contributed by atoms with Crippen molar-refractivity contribution in [2.24, 2.45) is 0 Å². The summed E-state index contributed by atoms with van der Waals surface area (Å²) in [5.74, 6) is 0.0857. The lowest BCUT2D eigenvalue weighted by Crippen LogP contribution is -2.46. The van der Waals surface area contributed by atoms with Gasteiger partial charge in [-0.2, -0.15) is 0 Å². The highest BCUT2D eigenvalue weighted by molar-refractivity contribution is 5.82. The fourth-order valence-electron chi connectivity index (χ4n) is 3.65. The lowest BCUT2D eigenvalue weighted by molar-refractivity contribution is -0.140. The molecule has 150 valence electrons. The van der Waals surface area contributed by atoms with Crippen molar-refractivity contribution in [1.82, 2.24) is 14.9 Å². The van der Waals surface area contributed by atoms with Crippen molar-refractivity contribution in [3.8, 4) is 11.5 Å². The van der Waals surface area contributed by atoms with Gasteiger partial charge in [0, 0.05) is 18.7 Å². The van der Waals surface area contributed by atoms with Gasteiger partial charge in [-0.25, -0.2) is 9.37 Å². The van der Waals surface area contributed by atoms with E-state index in [2.05, 4.69) is 9.97 Å². The molecule has 0 saturated carbocycles. The Morgan fingerprint density at radius 1 is 1.24 bits per heavy atom. The van der Waals surface area contributed by atoms with E-state index >= 15 is 0 Å². The molecular weight excluding hydrogens is 373 g/mol. The second-order valence-corrected chi connectivity index (χ2v) is 6.91. The van der Waals surface area contributed by atoms with Crippen LogP contribution in [0.1, 0.15) is 29.9 Å². The Bertz CT molecular complexity index is 1000. The molecule has 1 amide bonds. The number of nitrogens with zero attached hydrogens (tertiary/aromatic N) is 2. The Morgan fingerprint density at radius 3 is 2.72 bits per heavy atom. The third-order valence-corrected chi connectivity index (χ3v) is 5.13. The van der Waals surface area contributed by atoms with Crippen LogP contribution in [-0.2, 0) is 11.2 Å². The quantitative estimate of drug-likeness (QED) is 0.718. The number of aromatic nitrogens is 2. The zero-order valence-electron chi connectivity index (χ0n) is 16.3. The van der Waals surface area contributed by atoms with E-state index in [1.807, 2.05) is 24.3 Å². The molecule has 0 radical (unpaired) electrons. The first kappa shape index (κ1) is 19.0. The monoisotopic (exact) mass is 395 g/mol. The lowest BCUT2D eigenvalue weighted by atomic mass is 9.95. The number of amides is 1. The van der Waals surface area contributed by atoms with Gasteiger partial charge >= 0.3 is 0 Å². The highest BCUT2D eigenvalue weighted by atomic mass is 19.1. The van der Waals surface area contributed by atoms with E-state index in [1.165, 1.54) is 12.1 Å². The van der Waals surface area contributed by atoms with E-state index in [4.69, 9.17) is 9.47 Å². The Balaban J connectivity index is 1.63. The van der Waals surface area contributed by atoms with Gasteiger partial charge in [-0.1, -0.05) is 24.3 Å². The highest BCUT2D eigenvalue weighted by Crippen LogP contribution is 2.34. The number of H-pyrrole nitrogens is 1. The van der Waals surface area contributed by atoms with Gasteiger partial charge < -0.3 is 19.4 Å². The minimum atomic E-state index is -0.840. The molecule has 29 heavy (non-hydrogen) atoms. The molecule has 6 nitrogen and oxygen atoms in total. The first-order valence-electron chi connectivity index (χ1n) is 9.46. The van der Waals surface area contributed by atoms with Gasteiger partial charge in [0.1, 0.15) is 11.8 Å². The molecule has 0 unspecified atom stereocenters. The topological polar surface area (TPSA) is 67.5 Å². The third kappa shape index (κ3) is 3.68. The molecule has 1 aliphatic heterocycles. The van der Waals surface area contributed by atoms with E-state index < -0.39 is 11.9 Å². The first-order valence-corrected chi connectivity index (χ1v) is 9.46. The number of ether oxygens (including phenoxy) is 2. The molecule has 4 rings (SSSR count). The van der Waals surface area contributed by atoms with Crippen LogP contribution in [0.15, 0.2) is 54.9 Å². The first-order chi connectivity index (χ1) is 14.1. The summed E-state index contributed by atoms with van der Waals surface area (Å²) in [6, 6.07) is 13.3. The van der Waals surface area contributed by atoms with Crippen molar-refractivity contribution in [3.05, 3.63) is 77.6 Å². The molecule has 2 atom stereocenters. The van der Waals surface area contributed by atoms with Crippen LogP contribution in [-0.4, -0.2) is 40.5 Å². The predicted molar refractivity (Wildman–Crippen MR) is 105 cm³/mol. The zero-order chi connectivity index (χ0) is 20.4. The number of halogens is 1. The highest BCUT2D eigenvalue weighted by Gasteiger charge is 2.36. The molecule has 2 aromatic carbocycles. The van der Waals surface area contributed by atoms with E-state index in [9.17, 15) is 9.18 Å². The standard InChI is InChI=1S/C22H22FN3O3/c1-14(29-19-6-4-3-5-17(19)23)22(27)26-12-11-18-20(25-13-24-18)21(26)15-7-9-16(28-2)10-8-15/h3-10,13-14,21H,11-12H2,1-2H3,(H,24,25)/t14-,21-/m1/s1. The molecule has 0 fully saturated rings. The van der Waals surface area contributed by atoms with E-state index in [0.717, 1.165) is 22.7 Å². The second kappa shape index (κ2) is 7.95. The van der Waals surface area contributed by atoms with Gasteiger partial charge in [-0.3, -0.25) is 4.79 Å². The number of para-hydroxylation sites is 1. The van der Waals surface area contributed by atoms with Gasteiger partial charge in [0.05, 0.1) is 19.1 Å². The van der Waals surface area contributed by atoms with Crippen molar-refractivity contribution in [1.29, 1.82) is 0 Å². The Kier molecular flexibility index (Phi) is 5.20. The van der Waals surface area contributed by atoms with Crippen LogP contribution in [0.4, 0.5) is 4.39 Å². The van der Waals surface area contributed by atoms with Crippen molar-refractivity contribution in [2.45, 2.75) is 25.5 Å². The average Bonchev–Trinajstić information content (AvgIpc) is 3.23. The average molecular weight is 395 g/mol. The largest absolute Gasteiger partial charge is 0.497 e. The van der Waals surface area contributed by atoms with Crippen molar-refractivity contribution < 1.29 is 18.7 Å². The number of methoxy groups -OCH3 is 1. The van der Waals surface area contributed by atoms with Crippen LogP contribution in [0.2, 0.25) is 0 Å². The number of rotatable bonds is 5. The molecule has 2 heterocycles. The van der Waals surface area contributed by atoms with Crippen LogP contribution in [0.3, 0.4) is 0 Å². The maximum absolute atomic E-state index is 13.9. The van der Waals surface area contributed by atoms with E-state index in [0.29, 0.717) is 13.0 Å². The molecule has 3 aromatic rings. The number of benzene rings is 2. The molecule has 0 spiro atoms. The van der Waals surface area contributed by atoms with Crippen LogP contribution in [0, 0.1) is 5.82 Å². The number of hydrogen-bond acceptors (Lipinski definition) is 4. The van der Waals surface area contributed by atoms with Gasteiger partial charge in [0.2, 0.25) is 0 Å². The normalized spacial score (nSPS) is 16.8. The number of imidazole rings is 1. The van der Waals surface area contributed by atoms with Crippen LogP contribution in [0.25, 0.3) is 0 Å². The Hall–Kier alpha value is -3.35. The molecule has 1 N–H and O–H groups in total. The summed E-state index contributed by atoms with van der Waals surface area (Å²) in [4.78, 5) is 22.6. The summed E-state index contributed by atoms with van der Waals surface area (Å²) >= 11 is 0. The summed E-state index contributed by atoms with van der Waals surface area (Å²) in [5.41, 5.74) is 2.75. The summed E-state index contributed by atoms with van der Waals surface area (Å²) < 4.78 is 24.8.